The molecule has 0 radical (unpaired) electrons. The van der Waals surface area contributed by atoms with E-state index in [0.29, 0.717) is 16.3 Å². The largest absolute Gasteiger partial charge is 0.375 e. The van der Waals surface area contributed by atoms with Gasteiger partial charge in [-0.25, -0.2) is 22.5 Å². The van der Waals surface area contributed by atoms with Crippen molar-refractivity contribution in [3.8, 4) is 0 Å². The van der Waals surface area contributed by atoms with E-state index >= 15 is 0 Å². The Kier molecular flexibility index (Phi) is 5.68. The predicted octanol–water partition coefficient (Wildman–Crippen LogP) is 2.35. The number of nitrogens with zero attached hydrogens (tertiary/aromatic N) is 1. The summed E-state index contributed by atoms with van der Waals surface area (Å²) in [6.07, 6.45) is -0.397. The molecule has 130 valence electrons. The number of hydrogen-bond donors (Lipinski definition) is 1. The van der Waals surface area contributed by atoms with Crippen LogP contribution < -0.4 is 4.72 Å². The maximum absolute atomic E-state index is 13.4. The third-order valence-corrected chi connectivity index (χ3v) is 5.59. The molecule has 0 spiro atoms. The molecule has 6 nitrogen and oxygen atoms in total. The van der Waals surface area contributed by atoms with Crippen molar-refractivity contribution in [2.24, 2.45) is 0 Å². The number of amides is 1. The number of hydrogen-bond acceptors (Lipinski definition) is 6. The number of methoxy groups -OCH3 is 1. The van der Waals surface area contributed by atoms with E-state index < -0.39 is 21.7 Å². The van der Waals surface area contributed by atoms with Crippen LogP contribution in [0, 0.1) is 12.7 Å². The van der Waals surface area contributed by atoms with E-state index in [-0.39, 0.29) is 17.4 Å². The Morgan fingerprint density at radius 1 is 1.42 bits per heavy atom. The quantitative estimate of drug-likeness (QED) is 0.841. The molecule has 1 aromatic carbocycles. The van der Waals surface area contributed by atoms with Crippen LogP contribution in [0.15, 0.2) is 28.5 Å². The highest BCUT2D eigenvalue weighted by molar-refractivity contribution is 7.90. The summed E-state index contributed by atoms with van der Waals surface area (Å²) in [5, 5.41) is 2.37. The molecule has 0 unspecified atom stereocenters. The smallest absolute Gasteiger partial charge is 0.264 e. The zero-order valence-electron chi connectivity index (χ0n) is 13.4. The zero-order valence-corrected chi connectivity index (χ0v) is 15.0. The lowest BCUT2D eigenvalue weighted by molar-refractivity contribution is -0.118. The van der Waals surface area contributed by atoms with Crippen LogP contribution in [0.3, 0.4) is 0 Å². The molecule has 0 bridgehead atoms. The minimum absolute atomic E-state index is 0.194. The molecule has 0 saturated heterocycles. The van der Waals surface area contributed by atoms with Gasteiger partial charge in [0, 0.05) is 12.5 Å². The fourth-order valence-corrected chi connectivity index (χ4v) is 3.91. The number of thiazole rings is 1. The highest BCUT2D eigenvalue weighted by Gasteiger charge is 2.20. The van der Waals surface area contributed by atoms with E-state index in [9.17, 15) is 17.6 Å². The lowest BCUT2D eigenvalue weighted by Gasteiger charge is -2.07. The van der Waals surface area contributed by atoms with Gasteiger partial charge in [-0.05, 0) is 37.6 Å². The first-order valence-corrected chi connectivity index (χ1v) is 9.37. The van der Waals surface area contributed by atoms with Crippen molar-refractivity contribution >= 4 is 27.3 Å². The Hall–Kier alpha value is -1.84. The molecule has 24 heavy (non-hydrogen) atoms. The van der Waals surface area contributed by atoms with Gasteiger partial charge in [-0.1, -0.05) is 0 Å². The van der Waals surface area contributed by atoms with Gasteiger partial charge in [-0.15, -0.1) is 11.3 Å². The summed E-state index contributed by atoms with van der Waals surface area (Å²) in [4.78, 5) is 15.9. The summed E-state index contributed by atoms with van der Waals surface area (Å²) in [6, 6.07) is 3.36. The molecule has 1 aromatic heterocycles. The fourth-order valence-electron chi connectivity index (χ4n) is 1.96. The molecule has 1 heterocycles. The second-order valence-electron chi connectivity index (χ2n) is 5.22. The second kappa shape index (κ2) is 7.37. The Morgan fingerprint density at radius 2 is 2.12 bits per heavy atom. The first-order valence-electron chi connectivity index (χ1n) is 7.01. The Balaban J connectivity index is 2.09. The van der Waals surface area contributed by atoms with Gasteiger partial charge in [0.15, 0.2) is 0 Å². The molecule has 0 aliphatic rings. The molecule has 2 rings (SSSR count). The van der Waals surface area contributed by atoms with E-state index in [2.05, 4.69) is 4.98 Å². The monoisotopic (exact) mass is 372 g/mol. The van der Waals surface area contributed by atoms with Gasteiger partial charge >= 0.3 is 0 Å². The highest BCUT2D eigenvalue weighted by Crippen LogP contribution is 2.20. The number of carbonyl (C=O) groups excluding carboxylic acids is 1. The average molecular weight is 372 g/mol. The molecule has 0 fully saturated rings. The van der Waals surface area contributed by atoms with Crippen molar-refractivity contribution in [3.63, 3.8) is 0 Å². The number of sulfonamides is 1. The van der Waals surface area contributed by atoms with Crippen LogP contribution in [0.2, 0.25) is 0 Å². The second-order valence-corrected chi connectivity index (χ2v) is 7.80. The summed E-state index contributed by atoms with van der Waals surface area (Å²) in [5.74, 6) is -1.42. The first kappa shape index (κ1) is 18.5. The molecule has 2 aromatic rings. The van der Waals surface area contributed by atoms with E-state index in [1.165, 1.54) is 23.5 Å². The molecular formula is C15H17FN2O4S2. The summed E-state index contributed by atoms with van der Waals surface area (Å²) >= 11 is 1.33. The van der Waals surface area contributed by atoms with Gasteiger partial charge in [0.1, 0.15) is 16.9 Å². The van der Waals surface area contributed by atoms with Gasteiger partial charge in [-0.3, -0.25) is 4.79 Å². The average Bonchev–Trinajstić information content (AvgIpc) is 2.93. The number of ether oxygens (including phenoxy) is 1. The van der Waals surface area contributed by atoms with Crippen molar-refractivity contribution in [2.45, 2.75) is 31.3 Å². The molecule has 1 amide bonds. The number of benzene rings is 1. The highest BCUT2D eigenvalue weighted by atomic mass is 32.2. The van der Waals surface area contributed by atoms with Gasteiger partial charge in [0.25, 0.3) is 10.0 Å². The summed E-state index contributed by atoms with van der Waals surface area (Å²) in [6.45, 7) is 3.39. The van der Waals surface area contributed by atoms with Crippen LogP contribution >= 0.6 is 11.3 Å². The SMILES string of the molecule is CO[C@H](C)c1nc(CC(=O)NS(=O)(=O)c2cc(C)cc(F)c2)cs1. The lowest BCUT2D eigenvalue weighted by Crippen LogP contribution is -2.32. The van der Waals surface area contributed by atoms with Crippen LogP contribution in [0.4, 0.5) is 4.39 Å². The summed E-state index contributed by atoms with van der Waals surface area (Å²) in [5.41, 5.74) is 0.891. The standard InChI is InChI=1S/C15H17FN2O4S2/c1-9-4-11(16)6-13(5-9)24(20,21)18-14(19)7-12-8-23-15(17-12)10(2)22-3/h4-6,8,10H,7H2,1-3H3,(H,18,19)/t10-/m1/s1. The van der Waals surface area contributed by atoms with Crippen LogP contribution in [0.1, 0.15) is 29.3 Å². The van der Waals surface area contributed by atoms with Gasteiger partial charge in [0.2, 0.25) is 5.91 Å². The molecule has 1 N–H and O–H groups in total. The third-order valence-electron chi connectivity index (χ3n) is 3.19. The van der Waals surface area contributed by atoms with Crippen LogP contribution in [0.5, 0.6) is 0 Å². The van der Waals surface area contributed by atoms with E-state index in [1.807, 2.05) is 11.6 Å². The zero-order chi connectivity index (χ0) is 17.9. The summed E-state index contributed by atoms with van der Waals surface area (Å²) in [7, 11) is -2.58. The number of halogens is 1. The van der Waals surface area contributed by atoms with E-state index in [4.69, 9.17) is 4.74 Å². The first-order chi connectivity index (χ1) is 11.2. The Morgan fingerprint density at radius 3 is 2.75 bits per heavy atom. The van der Waals surface area contributed by atoms with Gasteiger partial charge in [-0.2, -0.15) is 0 Å². The molecule has 9 heteroatoms. The molecule has 1 atom stereocenters. The fraction of sp³-hybridized carbons (Fsp3) is 0.333. The van der Waals surface area contributed by atoms with Crippen molar-refractivity contribution in [3.05, 3.63) is 45.7 Å². The Bertz CT molecular complexity index is 829. The van der Waals surface area contributed by atoms with Crippen LogP contribution in [-0.2, 0) is 26.0 Å². The molecule has 0 saturated carbocycles. The van der Waals surface area contributed by atoms with E-state index in [0.717, 1.165) is 6.07 Å². The minimum atomic E-state index is -4.13. The Labute approximate surface area is 143 Å². The number of aromatic nitrogens is 1. The van der Waals surface area contributed by atoms with Crippen molar-refractivity contribution in [2.75, 3.05) is 7.11 Å². The van der Waals surface area contributed by atoms with Crippen LogP contribution in [-0.4, -0.2) is 26.4 Å². The van der Waals surface area contributed by atoms with Crippen molar-refractivity contribution in [1.82, 2.24) is 9.71 Å². The lowest BCUT2D eigenvalue weighted by atomic mass is 10.2. The molecule has 0 aliphatic heterocycles. The maximum Gasteiger partial charge on any atom is 0.264 e. The van der Waals surface area contributed by atoms with Crippen molar-refractivity contribution in [1.29, 1.82) is 0 Å². The van der Waals surface area contributed by atoms with E-state index in [1.54, 1.807) is 19.4 Å². The number of rotatable bonds is 6. The molecule has 0 aliphatic carbocycles. The number of aryl methyl sites for hydroxylation is 1. The minimum Gasteiger partial charge on any atom is -0.375 e. The number of carbonyl (C=O) groups is 1. The number of nitrogens with one attached hydrogen (secondary N) is 1. The maximum atomic E-state index is 13.4. The van der Waals surface area contributed by atoms with Gasteiger partial charge < -0.3 is 4.74 Å². The third kappa shape index (κ3) is 4.59. The van der Waals surface area contributed by atoms with Crippen molar-refractivity contribution < 1.29 is 22.3 Å². The molecular weight excluding hydrogens is 355 g/mol. The predicted molar refractivity (Wildman–Crippen MR) is 87.7 cm³/mol. The van der Waals surface area contributed by atoms with Crippen LogP contribution in [0.25, 0.3) is 0 Å². The topological polar surface area (TPSA) is 85.4 Å². The normalized spacial score (nSPS) is 12.8. The van der Waals surface area contributed by atoms with Gasteiger partial charge in [0.05, 0.1) is 17.0 Å². The summed E-state index contributed by atoms with van der Waals surface area (Å²) < 4.78 is 44.7.